The van der Waals surface area contributed by atoms with E-state index in [-0.39, 0.29) is 24.9 Å². The highest BCUT2D eigenvalue weighted by Gasteiger charge is 2.16. The van der Waals surface area contributed by atoms with Gasteiger partial charge in [-0.1, -0.05) is 12.1 Å². The minimum Gasteiger partial charge on any atom is -0.370 e. The summed E-state index contributed by atoms with van der Waals surface area (Å²) in [5.41, 5.74) is 6.98. The summed E-state index contributed by atoms with van der Waals surface area (Å²) in [6, 6.07) is 7.71. The lowest BCUT2D eigenvalue weighted by atomic mass is 10.2. The van der Waals surface area contributed by atoms with Crippen molar-refractivity contribution in [1.82, 2.24) is 5.32 Å². The van der Waals surface area contributed by atoms with Gasteiger partial charge in [0.25, 0.3) is 0 Å². The molecule has 1 saturated heterocycles. The van der Waals surface area contributed by atoms with Gasteiger partial charge in [-0.3, -0.25) is 9.59 Å². The van der Waals surface area contributed by atoms with E-state index < -0.39 is 0 Å². The highest BCUT2D eigenvalue weighted by atomic mass is 16.2. The second kappa shape index (κ2) is 6.91. The van der Waals surface area contributed by atoms with Gasteiger partial charge in [-0.05, 0) is 25.0 Å². The molecule has 2 rings (SSSR count). The zero-order valence-electron chi connectivity index (χ0n) is 11.4. The lowest BCUT2D eigenvalue weighted by Crippen LogP contribution is -2.36. The van der Waals surface area contributed by atoms with Gasteiger partial charge in [-0.15, -0.1) is 0 Å². The van der Waals surface area contributed by atoms with Crippen LogP contribution in [0.2, 0.25) is 0 Å². The van der Waals surface area contributed by atoms with Crippen molar-refractivity contribution in [2.24, 2.45) is 5.73 Å². The van der Waals surface area contributed by atoms with Crippen LogP contribution in [0.15, 0.2) is 24.3 Å². The first-order chi connectivity index (χ1) is 9.70. The molecule has 1 heterocycles. The number of carbonyl (C=O) groups is 2. The fourth-order valence-electron chi connectivity index (χ4n) is 2.26. The summed E-state index contributed by atoms with van der Waals surface area (Å²) < 4.78 is 0. The van der Waals surface area contributed by atoms with Crippen molar-refractivity contribution in [1.29, 1.82) is 0 Å². The van der Waals surface area contributed by atoms with Crippen LogP contribution in [0.25, 0.3) is 0 Å². The molecule has 1 aromatic rings. The van der Waals surface area contributed by atoms with Crippen LogP contribution in [0.4, 0.5) is 11.4 Å². The molecule has 0 radical (unpaired) electrons. The maximum Gasteiger partial charge on any atom is 0.243 e. The molecule has 1 fully saturated rings. The van der Waals surface area contributed by atoms with Gasteiger partial charge in [0, 0.05) is 13.1 Å². The number of benzene rings is 1. The molecule has 20 heavy (non-hydrogen) atoms. The number of hydrogen-bond acceptors (Lipinski definition) is 4. The fourth-order valence-corrected chi connectivity index (χ4v) is 2.26. The Kier molecular flexibility index (Phi) is 4.95. The molecular formula is C14H20N4O2. The number of carbonyl (C=O) groups excluding carboxylic acids is 2. The number of nitrogens with two attached hydrogens (primary N) is 1. The zero-order valence-corrected chi connectivity index (χ0v) is 11.4. The van der Waals surface area contributed by atoms with Crippen molar-refractivity contribution in [2.75, 3.05) is 36.4 Å². The van der Waals surface area contributed by atoms with Crippen LogP contribution in [0.1, 0.15) is 12.8 Å². The van der Waals surface area contributed by atoms with Crippen LogP contribution < -0.4 is 21.3 Å². The van der Waals surface area contributed by atoms with E-state index in [0.717, 1.165) is 24.5 Å². The lowest BCUT2D eigenvalue weighted by Gasteiger charge is -2.21. The van der Waals surface area contributed by atoms with Crippen molar-refractivity contribution in [3.63, 3.8) is 0 Å². The third-order valence-corrected chi connectivity index (χ3v) is 3.26. The van der Waals surface area contributed by atoms with E-state index in [2.05, 4.69) is 15.5 Å². The molecule has 0 unspecified atom stereocenters. The molecule has 108 valence electrons. The summed E-state index contributed by atoms with van der Waals surface area (Å²) in [4.78, 5) is 25.1. The Bertz CT molecular complexity index is 484. The summed E-state index contributed by atoms with van der Waals surface area (Å²) in [5, 5.41) is 5.28. The number of hydrogen-bond donors (Lipinski definition) is 3. The summed E-state index contributed by atoms with van der Waals surface area (Å²) in [6.07, 6.45) is 2.35. The number of rotatable bonds is 5. The molecule has 1 aliphatic heterocycles. The van der Waals surface area contributed by atoms with Crippen molar-refractivity contribution in [2.45, 2.75) is 12.8 Å². The molecule has 1 aliphatic rings. The van der Waals surface area contributed by atoms with Crippen LogP contribution >= 0.6 is 0 Å². The van der Waals surface area contributed by atoms with Gasteiger partial charge in [0.1, 0.15) is 0 Å². The first-order valence-corrected chi connectivity index (χ1v) is 6.81. The molecule has 0 bridgehead atoms. The average molecular weight is 276 g/mol. The zero-order chi connectivity index (χ0) is 14.4. The maximum atomic E-state index is 11.8. The monoisotopic (exact) mass is 276 g/mol. The van der Waals surface area contributed by atoms with Gasteiger partial charge < -0.3 is 21.3 Å². The Labute approximate surface area is 118 Å². The van der Waals surface area contributed by atoms with Gasteiger partial charge in [-0.25, -0.2) is 0 Å². The molecule has 4 N–H and O–H groups in total. The van der Waals surface area contributed by atoms with Crippen LogP contribution in [0.5, 0.6) is 0 Å². The number of nitrogens with one attached hydrogen (secondary N) is 2. The Morgan fingerprint density at radius 3 is 2.55 bits per heavy atom. The quantitative estimate of drug-likeness (QED) is 0.722. The Balaban J connectivity index is 1.98. The van der Waals surface area contributed by atoms with E-state index in [1.165, 1.54) is 12.8 Å². The van der Waals surface area contributed by atoms with Crippen LogP contribution in [-0.4, -0.2) is 38.0 Å². The topological polar surface area (TPSA) is 87.5 Å². The van der Waals surface area contributed by atoms with E-state index in [9.17, 15) is 9.59 Å². The molecule has 0 saturated carbocycles. The fraction of sp³-hybridized carbons (Fsp3) is 0.429. The highest BCUT2D eigenvalue weighted by molar-refractivity contribution is 5.97. The van der Waals surface area contributed by atoms with E-state index >= 15 is 0 Å². The third kappa shape index (κ3) is 3.71. The van der Waals surface area contributed by atoms with Crippen molar-refractivity contribution in [3.05, 3.63) is 24.3 Å². The Hall–Kier alpha value is -2.08. The standard InChI is InChI=1S/C14H20N4O2/c15-9-13(19)16-10-14(20)17-11-5-1-2-6-12(11)18-7-3-4-8-18/h1-2,5-6H,3-4,7-10,15H2,(H,16,19)(H,17,20). The molecular weight excluding hydrogens is 256 g/mol. The largest absolute Gasteiger partial charge is 0.370 e. The minimum absolute atomic E-state index is 0.0651. The molecule has 0 aliphatic carbocycles. The van der Waals surface area contributed by atoms with Crippen LogP contribution in [0.3, 0.4) is 0 Å². The van der Waals surface area contributed by atoms with E-state index in [4.69, 9.17) is 5.73 Å². The normalized spacial score (nSPS) is 14.2. The predicted octanol–water partition coefficient (Wildman–Crippen LogP) is 0.300. The van der Waals surface area contributed by atoms with Crippen molar-refractivity contribution < 1.29 is 9.59 Å². The van der Waals surface area contributed by atoms with Gasteiger partial charge in [0.15, 0.2) is 0 Å². The maximum absolute atomic E-state index is 11.8. The van der Waals surface area contributed by atoms with Gasteiger partial charge in [0.2, 0.25) is 11.8 Å². The first kappa shape index (κ1) is 14.3. The molecule has 0 spiro atoms. The van der Waals surface area contributed by atoms with Gasteiger partial charge in [-0.2, -0.15) is 0 Å². The summed E-state index contributed by atoms with van der Waals surface area (Å²) in [7, 11) is 0. The Morgan fingerprint density at radius 1 is 1.15 bits per heavy atom. The van der Waals surface area contributed by atoms with Crippen LogP contribution in [0, 0.1) is 0 Å². The highest BCUT2D eigenvalue weighted by Crippen LogP contribution is 2.28. The predicted molar refractivity (Wildman–Crippen MR) is 78.6 cm³/mol. The molecule has 6 heteroatoms. The van der Waals surface area contributed by atoms with Crippen molar-refractivity contribution >= 4 is 23.2 Å². The molecule has 6 nitrogen and oxygen atoms in total. The molecule has 1 aromatic carbocycles. The summed E-state index contributed by atoms with van der Waals surface area (Å²) in [6.45, 7) is 1.84. The van der Waals surface area contributed by atoms with Gasteiger partial charge in [0.05, 0.1) is 24.5 Å². The van der Waals surface area contributed by atoms with Crippen molar-refractivity contribution in [3.8, 4) is 0 Å². The molecule has 2 amide bonds. The number of nitrogens with zero attached hydrogens (tertiary/aromatic N) is 1. The SMILES string of the molecule is NCC(=O)NCC(=O)Nc1ccccc1N1CCCC1. The lowest BCUT2D eigenvalue weighted by molar-refractivity contribution is -0.123. The smallest absolute Gasteiger partial charge is 0.243 e. The van der Waals surface area contributed by atoms with E-state index in [1.54, 1.807) is 0 Å². The Morgan fingerprint density at radius 2 is 1.85 bits per heavy atom. The summed E-state index contributed by atoms with van der Waals surface area (Å²) in [5.74, 6) is -0.591. The summed E-state index contributed by atoms with van der Waals surface area (Å²) >= 11 is 0. The van der Waals surface area contributed by atoms with E-state index in [0.29, 0.717) is 0 Å². The minimum atomic E-state index is -0.340. The van der Waals surface area contributed by atoms with Gasteiger partial charge >= 0.3 is 0 Å². The molecule has 0 aromatic heterocycles. The third-order valence-electron chi connectivity index (χ3n) is 3.26. The average Bonchev–Trinajstić information content (AvgIpc) is 2.99. The van der Waals surface area contributed by atoms with Crippen LogP contribution in [-0.2, 0) is 9.59 Å². The second-order valence-corrected chi connectivity index (χ2v) is 4.74. The van der Waals surface area contributed by atoms with E-state index in [1.807, 2.05) is 24.3 Å². The molecule has 0 atom stereocenters. The second-order valence-electron chi connectivity index (χ2n) is 4.74. The number of amides is 2. The number of anilines is 2. The first-order valence-electron chi connectivity index (χ1n) is 6.81. The number of para-hydroxylation sites is 2.